The summed E-state index contributed by atoms with van der Waals surface area (Å²) in [7, 11) is 0. The maximum Gasteiger partial charge on any atom is 0.120 e. The molecule has 19 heavy (non-hydrogen) atoms. The summed E-state index contributed by atoms with van der Waals surface area (Å²) < 4.78 is 5.79. The predicted octanol–water partition coefficient (Wildman–Crippen LogP) is 3.93. The van der Waals surface area contributed by atoms with E-state index in [1.807, 2.05) is 48.5 Å². The first-order valence-corrected chi connectivity index (χ1v) is 6.88. The number of halogens is 1. The summed E-state index contributed by atoms with van der Waals surface area (Å²) in [6, 6.07) is 15.5. The van der Waals surface area contributed by atoms with Gasteiger partial charge in [-0.1, -0.05) is 35.9 Å². The molecule has 1 unspecified atom stereocenters. The lowest BCUT2D eigenvalue weighted by Crippen LogP contribution is -2.11. The molecule has 0 heterocycles. The second kappa shape index (κ2) is 5.24. The Morgan fingerprint density at radius 2 is 1.79 bits per heavy atom. The zero-order valence-electron chi connectivity index (χ0n) is 10.6. The van der Waals surface area contributed by atoms with Gasteiger partial charge in [0.05, 0.1) is 12.1 Å². The lowest BCUT2D eigenvalue weighted by atomic mass is 9.99. The van der Waals surface area contributed by atoms with Gasteiger partial charge in [-0.3, -0.25) is 0 Å². The maximum absolute atomic E-state index is 6.28. The summed E-state index contributed by atoms with van der Waals surface area (Å²) in [6.45, 7) is 0. The van der Waals surface area contributed by atoms with Crippen molar-refractivity contribution in [2.75, 3.05) is 0 Å². The molecule has 98 valence electrons. The van der Waals surface area contributed by atoms with E-state index in [1.54, 1.807) is 0 Å². The zero-order valence-corrected chi connectivity index (χ0v) is 11.3. The van der Waals surface area contributed by atoms with Crippen LogP contribution in [0.5, 0.6) is 5.75 Å². The highest BCUT2D eigenvalue weighted by Gasteiger charge is 2.23. The van der Waals surface area contributed by atoms with E-state index in [0.717, 1.165) is 34.7 Å². The molecule has 0 amide bonds. The van der Waals surface area contributed by atoms with Gasteiger partial charge in [-0.25, -0.2) is 0 Å². The summed E-state index contributed by atoms with van der Waals surface area (Å²) in [5.41, 5.74) is 8.39. The van der Waals surface area contributed by atoms with Gasteiger partial charge in [0.15, 0.2) is 0 Å². The molecule has 1 aliphatic carbocycles. The van der Waals surface area contributed by atoms with Gasteiger partial charge in [0, 0.05) is 5.02 Å². The van der Waals surface area contributed by atoms with Crippen LogP contribution in [0.1, 0.15) is 30.0 Å². The van der Waals surface area contributed by atoms with Crippen LogP contribution in [0.4, 0.5) is 0 Å². The Kier molecular flexibility index (Phi) is 3.45. The summed E-state index contributed by atoms with van der Waals surface area (Å²) >= 11 is 5.89. The Hall–Kier alpha value is -1.51. The van der Waals surface area contributed by atoms with Crippen molar-refractivity contribution in [1.29, 1.82) is 0 Å². The molecule has 1 fully saturated rings. The Bertz CT molecular complexity index is 563. The summed E-state index contributed by atoms with van der Waals surface area (Å²) in [6.07, 6.45) is 2.73. The molecular weight excluding hydrogens is 258 g/mol. The zero-order chi connectivity index (χ0) is 13.2. The van der Waals surface area contributed by atoms with Gasteiger partial charge < -0.3 is 10.5 Å². The first-order valence-electron chi connectivity index (χ1n) is 6.50. The molecular formula is C16H16ClNO. The van der Waals surface area contributed by atoms with E-state index in [4.69, 9.17) is 22.1 Å². The van der Waals surface area contributed by atoms with E-state index in [-0.39, 0.29) is 6.04 Å². The third kappa shape index (κ3) is 3.09. The van der Waals surface area contributed by atoms with Gasteiger partial charge in [-0.15, -0.1) is 0 Å². The molecule has 0 saturated heterocycles. The molecule has 2 aromatic carbocycles. The van der Waals surface area contributed by atoms with Crippen molar-refractivity contribution in [2.24, 2.45) is 5.73 Å². The van der Waals surface area contributed by atoms with Crippen molar-refractivity contribution < 1.29 is 4.74 Å². The molecule has 1 aliphatic rings. The first kappa shape index (κ1) is 12.5. The van der Waals surface area contributed by atoms with Crippen molar-refractivity contribution in [3.8, 4) is 5.75 Å². The molecule has 0 aromatic heterocycles. The largest absolute Gasteiger partial charge is 0.490 e. The van der Waals surface area contributed by atoms with Crippen LogP contribution >= 0.6 is 11.6 Å². The average Bonchev–Trinajstić information content (AvgIpc) is 3.23. The standard InChI is InChI=1S/C16H16ClNO/c17-13-6-4-11(5-7-13)16(18)12-2-1-3-15(10-12)19-14-8-9-14/h1-7,10,14,16H,8-9,18H2. The predicted molar refractivity (Wildman–Crippen MR) is 77.6 cm³/mol. The molecule has 0 spiro atoms. The highest BCUT2D eigenvalue weighted by atomic mass is 35.5. The Morgan fingerprint density at radius 3 is 2.47 bits per heavy atom. The van der Waals surface area contributed by atoms with Crippen LogP contribution in [0.2, 0.25) is 5.02 Å². The number of ether oxygens (including phenoxy) is 1. The lowest BCUT2D eigenvalue weighted by Gasteiger charge is -2.14. The first-order chi connectivity index (χ1) is 9.22. The number of hydrogen-bond donors (Lipinski definition) is 1. The SMILES string of the molecule is NC(c1ccc(Cl)cc1)c1cccc(OC2CC2)c1. The number of rotatable bonds is 4. The van der Waals surface area contributed by atoms with Crippen LogP contribution in [0.3, 0.4) is 0 Å². The molecule has 2 nitrogen and oxygen atoms in total. The lowest BCUT2D eigenvalue weighted by molar-refractivity contribution is 0.303. The van der Waals surface area contributed by atoms with E-state index >= 15 is 0 Å². The molecule has 1 atom stereocenters. The normalized spacial score (nSPS) is 16.1. The van der Waals surface area contributed by atoms with Crippen molar-refractivity contribution in [3.05, 3.63) is 64.7 Å². The van der Waals surface area contributed by atoms with Gasteiger partial charge in [0.2, 0.25) is 0 Å². The summed E-state index contributed by atoms with van der Waals surface area (Å²) in [5.74, 6) is 0.907. The second-order valence-corrected chi connectivity index (χ2v) is 5.36. The number of nitrogens with two attached hydrogens (primary N) is 1. The van der Waals surface area contributed by atoms with E-state index in [9.17, 15) is 0 Å². The third-order valence-corrected chi connectivity index (χ3v) is 3.53. The van der Waals surface area contributed by atoms with Gasteiger partial charge >= 0.3 is 0 Å². The molecule has 3 heteroatoms. The second-order valence-electron chi connectivity index (χ2n) is 4.92. The Morgan fingerprint density at radius 1 is 1.05 bits per heavy atom. The summed E-state index contributed by atoms with van der Waals surface area (Å²) in [4.78, 5) is 0. The molecule has 0 aliphatic heterocycles. The monoisotopic (exact) mass is 273 g/mol. The fraction of sp³-hybridized carbons (Fsp3) is 0.250. The van der Waals surface area contributed by atoms with Crippen LogP contribution in [-0.4, -0.2) is 6.10 Å². The van der Waals surface area contributed by atoms with Gasteiger partial charge in [-0.05, 0) is 48.2 Å². The molecule has 3 rings (SSSR count). The molecule has 2 aromatic rings. The minimum absolute atomic E-state index is 0.153. The Balaban J connectivity index is 1.81. The number of benzene rings is 2. The molecule has 1 saturated carbocycles. The average molecular weight is 274 g/mol. The van der Waals surface area contributed by atoms with Gasteiger partial charge in [0.25, 0.3) is 0 Å². The minimum atomic E-state index is -0.153. The van der Waals surface area contributed by atoms with Crippen LogP contribution in [0.25, 0.3) is 0 Å². The number of hydrogen-bond acceptors (Lipinski definition) is 2. The topological polar surface area (TPSA) is 35.2 Å². The highest BCUT2D eigenvalue weighted by Crippen LogP contribution is 2.29. The van der Waals surface area contributed by atoms with Crippen LogP contribution in [0.15, 0.2) is 48.5 Å². The van der Waals surface area contributed by atoms with E-state index < -0.39 is 0 Å². The third-order valence-electron chi connectivity index (χ3n) is 3.27. The molecule has 2 N–H and O–H groups in total. The molecule has 0 radical (unpaired) electrons. The van der Waals surface area contributed by atoms with Gasteiger partial charge in [0.1, 0.15) is 5.75 Å². The fourth-order valence-corrected chi connectivity index (χ4v) is 2.15. The van der Waals surface area contributed by atoms with E-state index in [1.165, 1.54) is 0 Å². The fourth-order valence-electron chi connectivity index (χ4n) is 2.02. The minimum Gasteiger partial charge on any atom is -0.490 e. The van der Waals surface area contributed by atoms with Crippen LogP contribution in [-0.2, 0) is 0 Å². The van der Waals surface area contributed by atoms with E-state index in [2.05, 4.69) is 0 Å². The van der Waals surface area contributed by atoms with Crippen LogP contribution in [0, 0.1) is 0 Å². The van der Waals surface area contributed by atoms with Crippen LogP contribution < -0.4 is 10.5 Å². The van der Waals surface area contributed by atoms with Crippen molar-refractivity contribution >= 4 is 11.6 Å². The maximum atomic E-state index is 6.28. The summed E-state index contributed by atoms with van der Waals surface area (Å²) in [5, 5.41) is 0.724. The highest BCUT2D eigenvalue weighted by molar-refractivity contribution is 6.30. The Labute approximate surface area is 118 Å². The van der Waals surface area contributed by atoms with Crippen molar-refractivity contribution in [1.82, 2.24) is 0 Å². The van der Waals surface area contributed by atoms with E-state index in [0.29, 0.717) is 6.10 Å². The smallest absolute Gasteiger partial charge is 0.120 e. The van der Waals surface area contributed by atoms with Gasteiger partial charge in [-0.2, -0.15) is 0 Å². The van der Waals surface area contributed by atoms with Crippen molar-refractivity contribution in [3.63, 3.8) is 0 Å². The van der Waals surface area contributed by atoms with Crippen molar-refractivity contribution in [2.45, 2.75) is 25.0 Å². The quantitative estimate of drug-likeness (QED) is 0.916. The molecule has 0 bridgehead atoms.